The maximum atomic E-state index is 11.8. The minimum Gasteiger partial charge on any atom is -0.390 e. The summed E-state index contributed by atoms with van der Waals surface area (Å²) in [6.45, 7) is 6.87. The van der Waals surface area contributed by atoms with Gasteiger partial charge in [0.1, 0.15) is 6.10 Å². The SMILES string of the molecule is CCCCCCCCCCCCCCCCC(O)C(O)C(O)(CCCCCCCCCCCCCCCC)CCCCCCCCCCCCCCCC. The Morgan fingerprint density at radius 3 is 0.685 bits per heavy atom. The third-order valence-electron chi connectivity index (χ3n) is 12.7. The van der Waals surface area contributed by atoms with Crippen molar-refractivity contribution in [3.05, 3.63) is 0 Å². The van der Waals surface area contributed by atoms with Gasteiger partial charge in [0, 0.05) is 0 Å². The first-order valence-electron chi connectivity index (χ1n) is 25.6. The van der Waals surface area contributed by atoms with Crippen LogP contribution in [0.2, 0.25) is 0 Å². The number of hydrogen-bond acceptors (Lipinski definition) is 3. The van der Waals surface area contributed by atoms with Crippen molar-refractivity contribution < 1.29 is 15.3 Å². The molecule has 0 aromatic rings. The largest absolute Gasteiger partial charge is 0.390 e. The Labute approximate surface area is 341 Å². The Kier molecular flexibility index (Phi) is 43.9. The molecular weight excluding hydrogens is 661 g/mol. The van der Waals surface area contributed by atoms with E-state index < -0.39 is 17.8 Å². The molecule has 0 aromatic carbocycles. The van der Waals surface area contributed by atoms with Crippen LogP contribution in [0.3, 0.4) is 0 Å². The molecule has 0 aliphatic carbocycles. The van der Waals surface area contributed by atoms with E-state index in [-0.39, 0.29) is 0 Å². The van der Waals surface area contributed by atoms with Gasteiger partial charge in [-0.05, 0) is 19.3 Å². The van der Waals surface area contributed by atoms with E-state index in [4.69, 9.17) is 0 Å². The van der Waals surface area contributed by atoms with Crippen molar-refractivity contribution in [3.8, 4) is 0 Å². The highest BCUT2D eigenvalue weighted by Crippen LogP contribution is 2.30. The third-order valence-corrected chi connectivity index (χ3v) is 12.7. The highest BCUT2D eigenvalue weighted by Gasteiger charge is 2.38. The quantitative estimate of drug-likeness (QED) is 0.0541. The lowest BCUT2D eigenvalue weighted by Crippen LogP contribution is -2.49. The van der Waals surface area contributed by atoms with Crippen molar-refractivity contribution in [3.63, 3.8) is 0 Å². The molecule has 54 heavy (non-hydrogen) atoms. The average Bonchev–Trinajstić information content (AvgIpc) is 3.17. The molecule has 0 heterocycles. The van der Waals surface area contributed by atoms with Crippen LogP contribution in [0.25, 0.3) is 0 Å². The Bertz CT molecular complexity index is 648. The first-order chi connectivity index (χ1) is 26.5. The highest BCUT2D eigenvalue weighted by molar-refractivity contribution is 4.90. The van der Waals surface area contributed by atoms with Crippen molar-refractivity contribution in [2.24, 2.45) is 0 Å². The van der Waals surface area contributed by atoms with Gasteiger partial charge >= 0.3 is 0 Å². The fraction of sp³-hybridized carbons (Fsp3) is 1.00. The van der Waals surface area contributed by atoms with E-state index in [9.17, 15) is 15.3 Å². The zero-order valence-corrected chi connectivity index (χ0v) is 37.8. The minimum absolute atomic E-state index is 0.610. The number of unbranched alkanes of at least 4 members (excludes halogenated alkanes) is 39. The van der Waals surface area contributed by atoms with Gasteiger partial charge in [0.15, 0.2) is 0 Å². The van der Waals surface area contributed by atoms with E-state index >= 15 is 0 Å². The van der Waals surface area contributed by atoms with Crippen LogP contribution in [0, 0.1) is 0 Å². The normalized spacial score (nSPS) is 13.2. The number of rotatable bonds is 47. The fourth-order valence-corrected chi connectivity index (χ4v) is 8.74. The molecule has 0 amide bonds. The first kappa shape index (κ1) is 53.9. The summed E-state index contributed by atoms with van der Waals surface area (Å²) in [5.41, 5.74) is -1.15. The van der Waals surface area contributed by atoms with Crippen molar-refractivity contribution in [2.75, 3.05) is 0 Å². The molecule has 0 aliphatic heterocycles. The number of aliphatic hydroxyl groups is 3. The van der Waals surface area contributed by atoms with Crippen molar-refractivity contribution in [1.29, 1.82) is 0 Å². The maximum absolute atomic E-state index is 11.8. The summed E-state index contributed by atoms with van der Waals surface area (Å²) in [5.74, 6) is 0. The van der Waals surface area contributed by atoms with Crippen LogP contribution in [0.1, 0.15) is 310 Å². The van der Waals surface area contributed by atoms with Crippen molar-refractivity contribution >= 4 is 0 Å². The highest BCUT2D eigenvalue weighted by atomic mass is 16.4. The topological polar surface area (TPSA) is 60.7 Å². The van der Waals surface area contributed by atoms with Crippen molar-refractivity contribution in [1.82, 2.24) is 0 Å². The van der Waals surface area contributed by atoms with Crippen LogP contribution in [-0.4, -0.2) is 33.1 Å². The van der Waals surface area contributed by atoms with Gasteiger partial charge in [-0.1, -0.05) is 290 Å². The Balaban J connectivity index is 4.34. The van der Waals surface area contributed by atoms with Gasteiger partial charge in [0.2, 0.25) is 0 Å². The fourth-order valence-electron chi connectivity index (χ4n) is 8.74. The summed E-state index contributed by atoms with van der Waals surface area (Å²) >= 11 is 0. The number of aliphatic hydroxyl groups excluding tert-OH is 2. The molecule has 0 rings (SSSR count). The lowest BCUT2D eigenvalue weighted by Gasteiger charge is -2.36. The van der Waals surface area contributed by atoms with Gasteiger partial charge in [-0.25, -0.2) is 0 Å². The van der Waals surface area contributed by atoms with Crippen LogP contribution in [0.5, 0.6) is 0 Å². The molecule has 0 saturated heterocycles. The minimum atomic E-state index is -1.15. The second kappa shape index (κ2) is 44.0. The summed E-state index contributed by atoms with van der Waals surface area (Å²) < 4.78 is 0. The predicted octanol–water partition coefficient (Wildman–Crippen LogP) is 17.1. The summed E-state index contributed by atoms with van der Waals surface area (Å²) in [6.07, 6.45) is 55.4. The van der Waals surface area contributed by atoms with Gasteiger partial charge in [0.25, 0.3) is 0 Å². The molecule has 3 nitrogen and oxygen atoms in total. The second-order valence-corrected chi connectivity index (χ2v) is 18.2. The van der Waals surface area contributed by atoms with Crippen LogP contribution < -0.4 is 0 Å². The van der Waals surface area contributed by atoms with Crippen LogP contribution >= 0.6 is 0 Å². The molecule has 3 heteroatoms. The van der Waals surface area contributed by atoms with Gasteiger partial charge in [-0.2, -0.15) is 0 Å². The molecule has 2 unspecified atom stereocenters. The van der Waals surface area contributed by atoms with E-state index in [1.165, 1.54) is 231 Å². The molecule has 0 fully saturated rings. The summed E-state index contributed by atoms with van der Waals surface area (Å²) in [5, 5.41) is 34.3. The monoisotopic (exact) mass is 765 g/mol. The molecule has 0 aromatic heterocycles. The lowest BCUT2D eigenvalue weighted by molar-refractivity contribution is -0.136. The molecule has 0 aliphatic rings. The first-order valence-corrected chi connectivity index (χ1v) is 25.6. The molecule has 0 spiro atoms. The summed E-state index contributed by atoms with van der Waals surface area (Å²) in [4.78, 5) is 0. The van der Waals surface area contributed by atoms with Crippen LogP contribution in [0.15, 0.2) is 0 Å². The summed E-state index contributed by atoms with van der Waals surface area (Å²) in [7, 11) is 0. The van der Waals surface area contributed by atoms with Crippen LogP contribution in [-0.2, 0) is 0 Å². The predicted molar refractivity (Wildman–Crippen MR) is 242 cm³/mol. The smallest absolute Gasteiger partial charge is 0.108 e. The van der Waals surface area contributed by atoms with Gasteiger partial charge in [0.05, 0.1) is 11.7 Å². The molecule has 0 bridgehead atoms. The second-order valence-electron chi connectivity index (χ2n) is 18.2. The lowest BCUT2D eigenvalue weighted by atomic mass is 9.81. The Morgan fingerprint density at radius 2 is 0.463 bits per heavy atom. The molecule has 326 valence electrons. The van der Waals surface area contributed by atoms with E-state index in [2.05, 4.69) is 20.8 Å². The van der Waals surface area contributed by atoms with Gasteiger partial charge < -0.3 is 15.3 Å². The zero-order valence-electron chi connectivity index (χ0n) is 37.8. The Hall–Kier alpha value is -0.120. The average molecular weight is 765 g/mol. The van der Waals surface area contributed by atoms with E-state index in [0.717, 1.165) is 38.5 Å². The molecular formula is C51H104O3. The summed E-state index contributed by atoms with van der Waals surface area (Å²) in [6, 6.07) is 0. The zero-order chi connectivity index (χ0) is 39.5. The Morgan fingerprint density at radius 1 is 0.278 bits per heavy atom. The van der Waals surface area contributed by atoms with E-state index in [0.29, 0.717) is 19.3 Å². The number of hydrogen-bond donors (Lipinski definition) is 3. The maximum Gasteiger partial charge on any atom is 0.108 e. The van der Waals surface area contributed by atoms with Crippen molar-refractivity contribution in [2.45, 2.75) is 328 Å². The molecule has 0 radical (unpaired) electrons. The van der Waals surface area contributed by atoms with E-state index in [1.807, 2.05) is 0 Å². The molecule has 0 saturated carbocycles. The molecule has 2 atom stereocenters. The molecule has 3 N–H and O–H groups in total. The van der Waals surface area contributed by atoms with Crippen LogP contribution in [0.4, 0.5) is 0 Å². The third kappa shape index (κ3) is 37.5. The van der Waals surface area contributed by atoms with E-state index in [1.54, 1.807) is 0 Å². The standard InChI is InChI=1S/C51H104O3/c1-4-7-10-13-16-19-22-25-28-31-34-37-40-43-46-49(52)50(53)51(54,47-44-41-38-35-32-29-26-23-20-17-14-11-8-5-2)48-45-42-39-36-33-30-27-24-21-18-15-12-9-6-3/h49-50,52-54H,4-48H2,1-3H3. The van der Waals surface area contributed by atoms with Gasteiger partial charge in [-0.3, -0.25) is 0 Å². The van der Waals surface area contributed by atoms with Gasteiger partial charge in [-0.15, -0.1) is 0 Å².